The molecule has 0 fully saturated rings. The van der Waals surface area contributed by atoms with Crippen LogP contribution in [0.5, 0.6) is 0 Å². The molecule has 0 amide bonds. The number of anilines is 1. The highest BCUT2D eigenvalue weighted by atomic mass is 32.2. The largest absolute Gasteiger partial charge is 0.376 e. The minimum absolute atomic E-state index is 1.33. The summed E-state index contributed by atoms with van der Waals surface area (Å²) in [5, 5.41) is 2.13. The molecule has 0 atom stereocenters. The maximum atomic E-state index is 2.15. The van der Waals surface area contributed by atoms with E-state index in [1.165, 1.54) is 9.90 Å². The van der Waals surface area contributed by atoms with Gasteiger partial charge in [0.15, 0.2) is 0 Å². The SMILES string of the molecule is CSc1sccc1N(C)C. The van der Waals surface area contributed by atoms with Crippen molar-refractivity contribution in [1.29, 1.82) is 0 Å². The Morgan fingerprint density at radius 1 is 1.50 bits per heavy atom. The van der Waals surface area contributed by atoms with Crippen molar-refractivity contribution in [3.05, 3.63) is 11.4 Å². The molecule has 0 bridgehead atoms. The molecule has 0 aliphatic rings. The molecule has 10 heavy (non-hydrogen) atoms. The number of hydrogen-bond donors (Lipinski definition) is 0. The molecule has 0 N–H and O–H groups in total. The predicted molar refractivity (Wildman–Crippen MR) is 50.4 cm³/mol. The average molecular weight is 173 g/mol. The molecule has 1 rings (SSSR count). The second-order valence-electron chi connectivity index (χ2n) is 2.19. The molecule has 1 aromatic rings. The van der Waals surface area contributed by atoms with E-state index in [2.05, 4.69) is 36.7 Å². The molecular weight excluding hydrogens is 162 g/mol. The van der Waals surface area contributed by atoms with Gasteiger partial charge in [-0.3, -0.25) is 0 Å². The van der Waals surface area contributed by atoms with Crippen LogP contribution in [-0.2, 0) is 0 Å². The quantitative estimate of drug-likeness (QED) is 0.632. The van der Waals surface area contributed by atoms with Gasteiger partial charge < -0.3 is 4.90 Å². The van der Waals surface area contributed by atoms with Crippen molar-refractivity contribution < 1.29 is 0 Å². The van der Waals surface area contributed by atoms with E-state index in [1.807, 2.05) is 11.8 Å². The van der Waals surface area contributed by atoms with E-state index in [9.17, 15) is 0 Å². The summed E-state index contributed by atoms with van der Waals surface area (Å²) < 4.78 is 1.39. The molecule has 1 aromatic heterocycles. The molecule has 1 nitrogen and oxygen atoms in total. The lowest BCUT2D eigenvalue weighted by Gasteiger charge is -2.10. The molecule has 0 radical (unpaired) electrons. The Bertz CT molecular complexity index is 205. The van der Waals surface area contributed by atoms with Gasteiger partial charge in [0.25, 0.3) is 0 Å². The fraction of sp³-hybridized carbons (Fsp3) is 0.429. The van der Waals surface area contributed by atoms with E-state index >= 15 is 0 Å². The summed E-state index contributed by atoms with van der Waals surface area (Å²) in [6, 6.07) is 2.15. The third-order valence-electron chi connectivity index (χ3n) is 1.28. The van der Waals surface area contributed by atoms with Crippen LogP contribution in [0.3, 0.4) is 0 Å². The zero-order chi connectivity index (χ0) is 7.56. The van der Waals surface area contributed by atoms with Crippen molar-refractivity contribution in [3.63, 3.8) is 0 Å². The van der Waals surface area contributed by atoms with Crippen molar-refractivity contribution in [2.75, 3.05) is 25.3 Å². The molecule has 56 valence electrons. The monoisotopic (exact) mass is 173 g/mol. The first-order valence-corrected chi connectivity index (χ1v) is 5.15. The van der Waals surface area contributed by atoms with Crippen molar-refractivity contribution >= 4 is 28.8 Å². The number of thiophene rings is 1. The van der Waals surface area contributed by atoms with E-state index in [4.69, 9.17) is 0 Å². The van der Waals surface area contributed by atoms with Crippen molar-refractivity contribution in [2.24, 2.45) is 0 Å². The van der Waals surface area contributed by atoms with Gasteiger partial charge in [0.1, 0.15) is 0 Å². The Hall–Kier alpha value is -0.150. The first-order valence-electron chi connectivity index (χ1n) is 3.04. The van der Waals surface area contributed by atoms with Gasteiger partial charge in [-0.15, -0.1) is 23.1 Å². The molecule has 3 heteroatoms. The highest BCUT2D eigenvalue weighted by Gasteiger charge is 2.02. The van der Waals surface area contributed by atoms with Gasteiger partial charge in [-0.1, -0.05) is 0 Å². The third-order valence-corrected chi connectivity index (χ3v) is 3.34. The maximum Gasteiger partial charge on any atom is 0.0829 e. The summed E-state index contributed by atoms with van der Waals surface area (Å²) in [5.41, 5.74) is 1.33. The van der Waals surface area contributed by atoms with Crippen LogP contribution in [-0.4, -0.2) is 20.4 Å². The van der Waals surface area contributed by atoms with Gasteiger partial charge in [0.05, 0.1) is 9.90 Å². The van der Waals surface area contributed by atoms with Gasteiger partial charge >= 0.3 is 0 Å². The van der Waals surface area contributed by atoms with E-state index in [1.54, 1.807) is 11.3 Å². The number of thioether (sulfide) groups is 1. The van der Waals surface area contributed by atoms with Crippen LogP contribution in [0.1, 0.15) is 0 Å². The molecule has 0 aliphatic carbocycles. The lowest BCUT2D eigenvalue weighted by molar-refractivity contribution is 1.12. The molecular formula is C7H11NS2. The number of nitrogens with zero attached hydrogens (tertiary/aromatic N) is 1. The Kier molecular flexibility index (Phi) is 2.63. The van der Waals surface area contributed by atoms with E-state index in [-0.39, 0.29) is 0 Å². The zero-order valence-corrected chi connectivity index (χ0v) is 8.05. The fourth-order valence-electron chi connectivity index (χ4n) is 0.773. The summed E-state index contributed by atoms with van der Waals surface area (Å²) in [6.07, 6.45) is 2.11. The van der Waals surface area contributed by atoms with Gasteiger partial charge in [0, 0.05) is 14.1 Å². The first-order chi connectivity index (χ1) is 4.75. The fourth-order valence-corrected chi connectivity index (χ4v) is 2.48. The number of rotatable bonds is 2. The Balaban J connectivity index is 2.90. The third kappa shape index (κ3) is 1.47. The summed E-state index contributed by atoms with van der Waals surface area (Å²) >= 11 is 3.61. The summed E-state index contributed by atoms with van der Waals surface area (Å²) in [5.74, 6) is 0. The van der Waals surface area contributed by atoms with Gasteiger partial charge in [0.2, 0.25) is 0 Å². The summed E-state index contributed by atoms with van der Waals surface area (Å²) in [7, 11) is 4.14. The highest BCUT2D eigenvalue weighted by molar-refractivity contribution is 8.00. The molecule has 0 spiro atoms. The molecule has 1 heterocycles. The standard InChI is InChI=1S/C7H11NS2/c1-8(2)6-4-5-10-7(6)9-3/h4-5H,1-3H3. The lowest BCUT2D eigenvalue weighted by Crippen LogP contribution is -2.07. The number of hydrogen-bond acceptors (Lipinski definition) is 3. The Morgan fingerprint density at radius 2 is 2.20 bits per heavy atom. The van der Waals surface area contributed by atoms with E-state index in [0.717, 1.165) is 0 Å². The highest BCUT2D eigenvalue weighted by Crippen LogP contribution is 2.32. The normalized spacial score (nSPS) is 9.90. The van der Waals surface area contributed by atoms with Crippen molar-refractivity contribution in [2.45, 2.75) is 4.21 Å². The maximum absolute atomic E-state index is 2.15. The molecule has 0 aliphatic heterocycles. The molecule has 0 saturated heterocycles. The summed E-state index contributed by atoms with van der Waals surface area (Å²) in [6.45, 7) is 0. The Morgan fingerprint density at radius 3 is 2.60 bits per heavy atom. The van der Waals surface area contributed by atoms with Gasteiger partial charge in [-0.25, -0.2) is 0 Å². The van der Waals surface area contributed by atoms with Crippen LogP contribution in [0.2, 0.25) is 0 Å². The second-order valence-corrected chi connectivity index (χ2v) is 4.18. The smallest absolute Gasteiger partial charge is 0.0829 e. The average Bonchev–Trinajstić information content (AvgIpc) is 2.33. The van der Waals surface area contributed by atoms with Crippen molar-refractivity contribution in [1.82, 2.24) is 0 Å². The van der Waals surface area contributed by atoms with Crippen LogP contribution >= 0.6 is 23.1 Å². The molecule has 0 aromatic carbocycles. The first kappa shape index (κ1) is 7.95. The van der Waals surface area contributed by atoms with Crippen LogP contribution in [0.4, 0.5) is 5.69 Å². The summed E-state index contributed by atoms with van der Waals surface area (Å²) in [4.78, 5) is 2.14. The van der Waals surface area contributed by atoms with Crippen LogP contribution < -0.4 is 4.90 Å². The Labute approximate surface area is 70.0 Å². The van der Waals surface area contributed by atoms with Crippen LogP contribution in [0, 0.1) is 0 Å². The zero-order valence-electron chi connectivity index (χ0n) is 6.42. The predicted octanol–water partition coefficient (Wildman–Crippen LogP) is 2.54. The van der Waals surface area contributed by atoms with Gasteiger partial charge in [-0.2, -0.15) is 0 Å². The van der Waals surface area contributed by atoms with E-state index < -0.39 is 0 Å². The minimum Gasteiger partial charge on any atom is -0.376 e. The van der Waals surface area contributed by atoms with E-state index in [0.29, 0.717) is 0 Å². The van der Waals surface area contributed by atoms with Crippen molar-refractivity contribution in [3.8, 4) is 0 Å². The topological polar surface area (TPSA) is 3.24 Å². The van der Waals surface area contributed by atoms with Crippen LogP contribution in [0.25, 0.3) is 0 Å². The minimum atomic E-state index is 1.33. The lowest BCUT2D eigenvalue weighted by atomic mass is 10.5. The second kappa shape index (κ2) is 3.30. The molecule has 0 unspecified atom stereocenters. The van der Waals surface area contributed by atoms with Crippen LogP contribution in [0.15, 0.2) is 15.7 Å². The molecule has 0 saturated carbocycles. The van der Waals surface area contributed by atoms with Gasteiger partial charge in [-0.05, 0) is 17.7 Å².